The van der Waals surface area contributed by atoms with Crippen molar-refractivity contribution in [1.29, 1.82) is 0 Å². The number of halogens is 3. The lowest BCUT2D eigenvalue weighted by molar-refractivity contribution is -0.384. The van der Waals surface area contributed by atoms with Gasteiger partial charge >= 0.3 is 0 Å². The molecule has 1 heterocycles. The molecular formula is C21H12Cl2FN5O3. The fourth-order valence-corrected chi connectivity index (χ4v) is 3.17. The second-order valence-electron chi connectivity index (χ2n) is 6.54. The first-order chi connectivity index (χ1) is 15.3. The molecule has 0 aliphatic rings. The summed E-state index contributed by atoms with van der Waals surface area (Å²) in [5.41, 5.74) is 1.00. The predicted molar refractivity (Wildman–Crippen MR) is 118 cm³/mol. The van der Waals surface area contributed by atoms with Gasteiger partial charge in [-0.05, 0) is 48.5 Å². The fraction of sp³-hybridized carbons (Fsp3) is 0. The molecule has 0 atom stereocenters. The number of rotatable bonds is 5. The Bertz CT molecular complexity index is 1340. The highest BCUT2D eigenvalue weighted by molar-refractivity contribution is 6.42. The summed E-state index contributed by atoms with van der Waals surface area (Å²) in [7, 11) is 0. The Morgan fingerprint density at radius 2 is 1.78 bits per heavy atom. The zero-order chi connectivity index (χ0) is 22.8. The van der Waals surface area contributed by atoms with E-state index in [0.29, 0.717) is 16.3 Å². The molecule has 8 nitrogen and oxygen atoms in total. The van der Waals surface area contributed by atoms with E-state index in [0.717, 1.165) is 0 Å². The van der Waals surface area contributed by atoms with Crippen molar-refractivity contribution in [3.05, 3.63) is 98.5 Å². The van der Waals surface area contributed by atoms with E-state index in [2.05, 4.69) is 15.4 Å². The number of non-ortho nitro benzene ring substituents is 1. The first-order valence-corrected chi connectivity index (χ1v) is 9.81. The minimum absolute atomic E-state index is 0.177. The number of carbonyl (C=O) groups excluding carboxylic acids is 1. The van der Waals surface area contributed by atoms with E-state index >= 15 is 0 Å². The van der Waals surface area contributed by atoms with E-state index < -0.39 is 16.6 Å². The first kappa shape index (κ1) is 21.4. The first-order valence-electron chi connectivity index (χ1n) is 9.06. The number of nitro groups is 1. The molecule has 3 aromatic carbocycles. The van der Waals surface area contributed by atoms with E-state index in [1.54, 1.807) is 18.2 Å². The topological polar surface area (TPSA) is 103 Å². The average molecular weight is 472 g/mol. The summed E-state index contributed by atoms with van der Waals surface area (Å²) in [6, 6.07) is 15.7. The molecule has 0 unspecified atom stereocenters. The van der Waals surface area contributed by atoms with Gasteiger partial charge in [-0.25, -0.2) is 14.1 Å². The molecule has 160 valence electrons. The number of carbonyl (C=O) groups is 1. The zero-order valence-electron chi connectivity index (χ0n) is 16.0. The molecular weight excluding hydrogens is 460 g/mol. The number of hydrogen-bond donors (Lipinski definition) is 1. The van der Waals surface area contributed by atoms with E-state index in [1.165, 1.54) is 53.2 Å². The number of hydrogen-bond acceptors (Lipinski definition) is 5. The van der Waals surface area contributed by atoms with Crippen molar-refractivity contribution in [2.45, 2.75) is 0 Å². The summed E-state index contributed by atoms with van der Waals surface area (Å²) in [6.07, 6.45) is 0. The Morgan fingerprint density at radius 1 is 1.03 bits per heavy atom. The summed E-state index contributed by atoms with van der Waals surface area (Å²) >= 11 is 12.1. The van der Waals surface area contributed by atoms with Crippen molar-refractivity contribution in [1.82, 2.24) is 14.8 Å². The molecule has 1 aromatic heterocycles. The van der Waals surface area contributed by atoms with Gasteiger partial charge in [0, 0.05) is 23.4 Å². The molecule has 1 amide bonds. The van der Waals surface area contributed by atoms with Gasteiger partial charge in [0.05, 0.1) is 20.7 Å². The van der Waals surface area contributed by atoms with Gasteiger partial charge in [0.15, 0.2) is 5.82 Å². The SMILES string of the molecule is O=C(Nc1cccc([N+](=O)[O-])c1)c1nc(-c2ccc(F)cc2)n(-c2ccc(Cl)c(Cl)c2)n1. The molecule has 0 aliphatic heterocycles. The van der Waals surface area contributed by atoms with Crippen LogP contribution < -0.4 is 5.32 Å². The Labute approximate surface area is 190 Å². The minimum Gasteiger partial charge on any atom is -0.319 e. The van der Waals surface area contributed by atoms with Gasteiger partial charge in [-0.3, -0.25) is 14.9 Å². The average Bonchev–Trinajstić information content (AvgIpc) is 3.22. The third-order valence-corrected chi connectivity index (χ3v) is 5.11. The van der Waals surface area contributed by atoms with Crippen molar-refractivity contribution in [3.8, 4) is 17.1 Å². The third-order valence-electron chi connectivity index (χ3n) is 4.38. The van der Waals surface area contributed by atoms with Gasteiger partial charge in [0.1, 0.15) is 5.82 Å². The van der Waals surface area contributed by atoms with Crippen LogP contribution in [-0.2, 0) is 0 Å². The molecule has 0 bridgehead atoms. The molecule has 4 aromatic rings. The smallest absolute Gasteiger partial charge is 0.295 e. The van der Waals surface area contributed by atoms with Crippen LogP contribution in [-0.4, -0.2) is 25.6 Å². The fourth-order valence-electron chi connectivity index (χ4n) is 2.88. The molecule has 4 rings (SSSR count). The van der Waals surface area contributed by atoms with Crippen molar-refractivity contribution >= 4 is 40.5 Å². The molecule has 1 N–H and O–H groups in total. The highest BCUT2D eigenvalue weighted by Crippen LogP contribution is 2.28. The van der Waals surface area contributed by atoms with E-state index in [4.69, 9.17) is 23.2 Å². The van der Waals surface area contributed by atoms with Gasteiger partial charge < -0.3 is 5.32 Å². The van der Waals surface area contributed by atoms with Crippen LogP contribution in [0.4, 0.5) is 15.8 Å². The number of nitrogens with one attached hydrogen (secondary N) is 1. The van der Waals surface area contributed by atoms with Crippen LogP contribution >= 0.6 is 23.2 Å². The van der Waals surface area contributed by atoms with Crippen LogP contribution in [0.15, 0.2) is 66.7 Å². The lowest BCUT2D eigenvalue weighted by atomic mass is 10.2. The monoisotopic (exact) mass is 471 g/mol. The van der Waals surface area contributed by atoms with Gasteiger partial charge in [0.25, 0.3) is 11.6 Å². The number of nitrogens with zero attached hydrogens (tertiary/aromatic N) is 4. The van der Waals surface area contributed by atoms with Gasteiger partial charge in [-0.15, -0.1) is 5.10 Å². The minimum atomic E-state index is -0.687. The second-order valence-corrected chi connectivity index (χ2v) is 7.35. The zero-order valence-corrected chi connectivity index (χ0v) is 17.5. The van der Waals surface area contributed by atoms with Crippen LogP contribution in [0.5, 0.6) is 0 Å². The Balaban J connectivity index is 1.75. The lowest BCUT2D eigenvalue weighted by Crippen LogP contribution is -2.14. The maximum atomic E-state index is 13.4. The number of amides is 1. The highest BCUT2D eigenvalue weighted by atomic mass is 35.5. The van der Waals surface area contributed by atoms with Crippen LogP contribution in [0.25, 0.3) is 17.1 Å². The summed E-state index contributed by atoms with van der Waals surface area (Å²) in [5.74, 6) is -1.07. The van der Waals surface area contributed by atoms with Crippen LogP contribution in [0, 0.1) is 15.9 Å². The largest absolute Gasteiger partial charge is 0.319 e. The highest BCUT2D eigenvalue weighted by Gasteiger charge is 2.20. The van der Waals surface area contributed by atoms with Crippen molar-refractivity contribution in [2.24, 2.45) is 0 Å². The van der Waals surface area contributed by atoms with Crippen molar-refractivity contribution in [3.63, 3.8) is 0 Å². The normalized spacial score (nSPS) is 10.7. The summed E-state index contributed by atoms with van der Waals surface area (Å²) in [5, 5.41) is 18.4. The van der Waals surface area contributed by atoms with E-state index in [9.17, 15) is 19.3 Å². The molecule has 0 spiro atoms. The molecule has 11 heteroatoms. The number of benzene rings is 3. The van der Waals surface area contributed by atoms with Crippen LogP contribution in [0.1, 0.15) is 10.6 Å². The van der Waals surface area contributed by atoms with Crippen LogP contribution in [0.3, 0.4) is 0 Å². The summed E-state index contributed by atoms with van der Waals surface area (Å²) < 4.78 is 14.8. The van der Waals surface area contributed by atoms with E-state index in [-0.39, 0.29) is 28.0 Å². The quantitative estimate of drug-likeness (QED) is 0.304. The number of nitro benzene ring substituents is 1. The standard InChI is InChI=1S/C21H12Cl2FN5O3/c22-17-9-8-15(11-18(17)23)28-20(12-4-6-13(24)7-5-12)26-19(27-28)21(30)25-14-2-1-3-16(10-14)29(31)32/h1-11H,(H,25,30). The van der Waals surface area contributed by atoms with E-state index in [1.807, 2.05) is 0 Å². The van der Waals surface area contributed by atoms with Gasteiger partial charge in [-0.1, -0.05) is 29.3 Å². The van der Waals surface area contributed by atoms with Gasteiger partial charge in [0.2, 0.25) is 5.82 Å². The molecule has 0 saturated carbocycles. The number of aromatic nitrogens is 3. The molecule has 0 saturated heterocycles. The predicted octanol–water partition coefficient (Wildman–Crippen LogP) is 5.54. The number of anilines is 1. The van der Waals surface area contributed by atoms with Gasteiger partial charge in [-0.2, -0.15) is 0 Å². The Morgan fingerprint density at radius 3 is 2.47 bits per heavy atom. The van der Waals surface area contributed by atoms with Crippen molar-refractivity contribution in [2.75, 3.05) is 5.32 Å². The molecule has 32 heavy (non-hydrogen) atoms. The molecule has 0 fully saturated rings. The van der Waals surface area contributed by atoms with Crippen molar-refractivity contribution < 1.29 is 14.1 Å². The Hall–Kier alpha value is -3.82. The Kier molecular flexibility index (Phi) is 5.85. The maximum Gasteiger partial charge on any atom is 0.295 e. The summed E-state index contributed by atoms with van der Waals surface area (Å²) in [6.45, 7) is 0. The molecule has 0 aliphatic carbocycles. The van der Waals surface area contributed by atoms with Crippen LogP contribution in [0.2, 0.25) is 10.0 Å². The second kappa shape index (κ2) is 8.74. The summed E-state index contributed by atoms with van der Waals surface area (Å²) in [4.78, 5) is 27.5. The lowest BCUT2D eigenvalue weighted by Gasteiger charge is -2.07. The molecule has 0 radical (unpaired) electrons. The third kappa shape index (κ3) is 4.43. The maximum absolute atomic E-state index is 13.4.